The monoisotopic (exact) mass is 423 g/mol. The molecule has 0 aromatic heterocycles. The van der Waals surface area contributed by atoms with Crippen LogP contribution in [-0.4, -0.2) is 18.4 Å². The van der Waals surface area contributed by atoms with Crippen LogP contribution in [0.15, 0.2) is 54.6 Å². The van der Waals surface area contributed by atoms with E-state index in [1.54, 1.807) is 18.2 Å². The van der Waals surface area contributed by atoms with Crippen molar-refractivity contribution in [2.24, 2.45) is 0 Å². The van der Waals surface area contributed by atoms with Gasteiger partial charge in [-0.3, -0.25) is 4.79 Å². The number of ether oxygens (including phenoxy) is 2. The lowest BCUT2D eigenvalue weighted by Gasteiger charge is -2.34. The second-order valence-electron chi connectivity index (χ2n) is 8.06. The molecule has 4 nitrogen and oxygen atoms in total. The minimum atomic E-state index is -0.689. The summed E-state index contributed by atoms with van der Waals surface area (Å²) in [6.45, 7) is 3.76. The van der Waals surface area contributed by atoms with Crippen LogP contribution < -0.4 is 14.8 Å². The Bertz CT molecular complexity index is 1160. The fraction of sp³-hybridized carbons (Fsp3) is 0.240. The number of anilines is 1. The highest BCUT2D eigenvalue weighted by molar-refractivity contribution is 5.97. The predicted molar refractivity (Wildman–Crippen MR) is 116 cm³/mol. The number of Topliss-reactive ketones (excluding diaryl/α,β-unsaturated/α-hetero) is 1. The molecule has 0 saturated carbocycles. The lowest BCUT2D eigenvalue weighted by molar-refractivity contribution is -0.122. The summed E-state index contributed by atoms with van der Waals surface area (Å²) in [4.78, 5) is 12.7. The van der Waals surface area contributed by atoms with Gasteiger partial charge in [0.1, 0.15) is 29.7 Å². The Labute approximate surface area is 179 Å². The summed E-state index contributed by atoms with van der Waals surface area (Å²) in [7, 11) is 1.52. The zero-order valence-corrected chi connectivity index (χ0v) is 17.6. The topological polar surface area (TPSA) is 47.6 Å². The van der Waals surface area contributed by atoms with Crippen molar-refractivity contribution in [2.45, 2.75) is 32.4 Å². The molecule has 1 aliphatic rings. The summed E-state index contributed by atoms with van der Waals surface area (Å²) in [5.74, 6) is 0.100. The second kappa shape index (κ2) is 8.02. The van der Waals surface area contributed by atoms with Crippen LogP contribution in [0.2, 0.25) is 0 Å². The van der Waals surface area contributed by atoms with Gasteiger partial charge in [-0.1, -0.05) is 12.1 Å². The second-order valence-corrected chi connectivity index (χ2v) is 8.06. The Morgan fingerprint density at radius 1 is 1.00 bits per heavy atom. The van der Waals surface area contributed by atoms with Crippen LogP contribution in [0.5, 0.6) is 11.5 Å². The number of fused-ring (bicyclic) bond motifs is 1. The first-order chi connectivity index (χ1) is 14.8. The van der Waals surface area contributed by atoms with E-state index in [2.05, 4.69) is 5.32 Å². The number of carbonyl (C=O) groups is 1. The molecule has 0 unspecified atom stereocenters. The third kappa shape index (κ3) is 4.10. The van der Waals surface area contributed by atoms with Crippen LogP contribution in [0, 0.1) is 11.6 Å². The van der Waals surface area contributed by atoms with E-state index in [9.17, 15) is 13.6 Å². The average Bonchev–Trinajstić information content (AvgIpc) is 2.73. The zero-order valence-electron chi connectivity index (χ0n) is 17.6. The van der Waals surface area contributed by atoms with Gasteiger partial charge < -0.3 is 14.8 Å². The first-order valence-electron chi connectivity index (χ1n) is 9.97. The standard InChI is InChI=1S/C25H23F2NO3/c1-25(2)24(29)13-19-21(14-31-17-6-4-5-15(26)11-17)18(8-9-22(19)28-25)20-12-16(27)7-10-23(20)30-3/h4-12,28H,13-14H2,1-3H3. The number of benzene rings is 3. The number of rotatable bonds is 5. The fourth-order valence-electron chi connectivity index (χ4n) is 3.82. The van der Waals surface area contributed by atoms with E-state index in [0.717, 1.165) is 16.8 Å². The molecule has 1 aliphatic heterocycles. The number of hydrogen-bond donors (Lipinski definition) is 1. The molecule has 0 saturated heterocycles. The molecule has 31 heavy (non-hydrogen) atoms. The molecular weight excluding hydrogens is 400 g/mol. The summed E-state index contributed by atoms with van der Waals surface area (Å²) in [6, 6.07) is 13.9. The Balaban J connectivity index is 1.84. The molecule has 4 rings (SSSR count). The molecule has 0 fully saturated rings. The minimum Gasteiger partial charge on any atom is -0.496 e. The van der Waals surface area contributed by atoms with Gasteiger partial charge in [0.2, 0.25) is 0 Å². The van der Waals surface area contributed by atoms with Gasteiger partial charge in [0.15, 0.2) is 5.78 Å². The van der Waals surface area contributed by atoms with Gasteiger partial charge in [0.25, 0.3) is 0 Å². The number of halogens is 2. The first-order valence-corrected chi connectivity index (χ1v) is 9.97. The van der Waals surface area contributed by atoms with Crippen molar-refractivity contribution >= 4 is 11.5 Å². The normalized spacial score (nSPS) is 14.5. The quantitative estimate of drug-likeness (QED) is 0.586. The van der Waals surface area contributed by atoms with E-state index in [1.165, 1.54) is 31.4 Å². The molecule has 1 N–H and O–H groups in total. The lowest BCUT2D eigenvalue weighted by atomic mass is 9.83. The Hall–Kier alpha value is -3.41. The smallest absolute Gasteiger partial charge is 0.162 e. The molecule has 0 amide bonds. The summed E-state index contributed by atoms with van der Waals surface area (Å²) in [5, 5.41) is 3.28. The van der Waals surface area contributed by atoms with E-state index >= 15 is 0 Å². The van der Waals surface area contributed by atoms with Crippen molar-refractivity contribution in [3.8, 4) is 22.6 Å². The molecule has 160 valence electrons. The van der Waals surface area contributed by atoms with Crippen molar-refractivity contribution < 1.29 is 23.0 Å². The molecule has 0 spiro atoms. The maximum Gasteiger partial charge on any atom is 0.162 e. The van der Waals surface area contributed by atoms with E-state index < -0.39 is 17.2 Å². The van der Waals surface area contributed by atoms with E-state index in [0.29, 0.717) is 22.6 Å². The molecule has 0 atom stereocenters. The SMILES string of the molecule is COc1ccc(F)cc1-c1ccc2c(c1COc1cccc(F)c1)CC(=O)C(C)(C)N2. The van der Waals surface area contributed by atoms with E-state index in [-0.39, 0.29) is 18.8 Å². The Kier molecular flexibility index (Phi) is 5.39. The Morgan fingerprint density at radius 3 is 2.52 bits per heavy atom. The minimum absolute atomic E-state index is 0.0374. The molecule has 1 heterocycles. The van der Waals surface area contributed by atoms with Crippen molar-refractivity contribution in [1.29, 1.82) is 0 Å². The van der Waals surface area contributed by atoms with Crippen LogP contribution in [-0.2, 0) is 17.8 Å². The maximum absolute atomic E-state index is 14.1. The third-order valence-corrected chi connectivity index (χ3v) is 5.54. The highest BCUT2D eigenvalue weighted by atomic mass is 19.1. The molecule has 0 bridgehead atoms. The Morgan fingerprint density at radius 2 is 1.77 bits per heavy atom. The van der Waals surface area contributed by atoms with Crippen LogP contribution in [0.4, 0.5) is 14.5 Å². The molecular formula is C25H23F2NO3. The summed E-state index contributed by atoms with van der Waals surface area (Å²) < 4.78 is 39.0. The molecule has 3 aromatic carbocycles. The van der Waals surface area contributed by atoms with Crippen molar-refractivity contribution in [3.63, 3.8) is 0 Å². The average molecular weight is 423 g/mol. The van der Waals surface area contributed by atoms with Crippen LogP contribution in [0.25, 0.3) is 11.1 Å². The van der Waals surface area contributed by atoms with Gasteiger partial charge in [-0.2, -0.15) is 0 Å². The molecule has 0 radical (unpaired) electrons. The highest BCUT2D eigenvalue weighted by Gasteiger charge is 2.34. The number of ketones is 1. The summed E-state index contributed by atoms with van der Waals surface area (Å²) in [6.07, 6.45) is 0.211. The third-order valence-electron chi connectivity index (χ3n) is 5.54. The number of nitrogens with one attached hydrogen (secondary N) is 1. The first kappa shape index (κ1) is 20.8. The van der Waals surface area contributed by atoms with Gasteiger partial charge in [-0.05, 0) is 61.4 Å². The van der Waals surface area contributed by atoms with Crippen molar-refractivity contribution in [3.05, 3.63) is 77.4 Å². The summed E-state index contributed by atoms with van der Waals surface area (Å²) >= 11 is 0. The van der Waals surface area contributed by atoms with Gasteiger partial charge in [-0.25, -0.2) is 8.78 Å². The maximum atomic E-state index is 14.1. The predicted octanol–water partition coefficient (Wildman–Crippen LogP) is 5.54. The molecule has 3 aromatic rings. The summed E-state index contributed by atoms with van der Waals surface area (Å²) in [5.41, 5.74) is 2.89. The van der Waals surface area contributed by atoms with Crippen molar-refractivity contribution in [2.75, 3.05) is 12.4 Å². The van der Waals surface area contributed by atoms with Crippen LogP contribution in [0.1, 0.15) is 25.0 Å². The number of carbonyl (C=O) groups excluding carboxylic acids is 1. The van der Waals surface area contributed by atoms with Crippen LogP contribution in [0.3, 0.4) is 0 Å². The zero-order chi connectivity index (χ0) is 22.2. The van der Waals surface area contributed by atoms with Gasteiger partial charge in [0, 0.05) is 29.3 Å². The number of methoxy groups -OCH3 is 1. The number of hydrogen-bond acceptors (Lipinski definition) is 4. The molecule has 0 aliphatic carbocycles. The van der Waals surface area contributed by atoms with Crippen LogP contribution >= 0.6 is 0 Å². The van der Waals surface area contributed by atoms with Gasteiger partial charge >= 0.3 is 0 Å². The fourth-order valence-corrected chi connectivity index (χ4v) is 3.82. The van der Waals surface area contributed by atoms with Gasteiger partial charge in [0.05, 0.1) is 12.6 Å². The van der Waals surface area contributed by atoms with Crippen molar-refractivity contribution in [1.82, 2.24) is 0 Å². The van der Waals surface area contributed by atoms with E-state index in [4.69, 9.17) is 9.47 Å². The molecule has 6 heteroatoms. The largest absolute Gasteiger partial charge is 0.496 e. The van der Waals surface area contributed by atoms with Gasteiger partial charge in [-0.15, -0.1) is 0 Å². The highest BCUT2D eigenvalue weighted by Crippen LogP contribution is 2.40. The lowest BCUT2D eigenvalue weighted by Crippen LogP contribution is -2.45. The van der Waals surface area contributed by atoms with E-state index in [1.807, 2.05) is 26.0 Å².